The van der Waals surface area contributed by atoms with E-state index in [1.165, 1.54) is 10.8 Å². The number of nitrogen functional groups attached to an aromatic ring is 1. The van der Waals surface area contributed by atoms with E-state index in [0.29, 0.717) is 5.69 Å². The van der Waals surface area contributed by atoms with Gasteiger partial charge in [-0.15, -0.1) is 0 Å². The third kappa shape index (κ3) is 2.14. The molecule has 0 aliphatic carbocycles. The molecule has 0 radical (unpaired) electrons. The quantitative estimate of drug-likeness (QED) is 0.559. The SMILES string of the molecule is CC(C)(C)n1nc(-c2cccc3ccccc23)c2c(N)ccnc21. The van der Waals surface area contributed by atoms with E-state index in [1.54, 1.807) is 6.20 Å². The molecule has 4 heteroatoms. The van der Waals surface area contributed by atoms with E-state index in [0.717, 1.165) is 22.3 Å². The van der Waals surface area contributed by atoms with Gasteiger partial charge in [-0.25, -0.2) is 9.67 Å². The van der Waals surface area contributed by atoms with Crippen molar-refractivity contribution >= 4 is 27.5 Å². The summed E-state index contributed by atoms with van der Waals surface area (Å²) in [6.07, 6.45) is 1.74. The summed E-state index contributed by atoms with van der Waals surface area (Å²) < 4.78 is 1.97. The van der Waals surface area contributed by atoms with Gasteiger partial charge in [0.15, 0.2) is 5.65 Å². The third-order valence-electron chi connectivity index (χ3n) is 4.28. The van der Waals surface area contributed by atoms with Crippen molar-refractivity contribution in [2.75, 3.05) is 5.73 Å². The van der Waals surface area contributed by atoms with E-state index in [1.807, 2.05) is 16.8 Å². The van der Waals surface area contributed by atoms with Crippen LogP contribution in [0.25, 0.3) is 33.1 Å². The van der Waals surface area contributed by atoms with Gasteiger partial charge in [0, 0.05) is 17.4 Å². The molecule has 0 amide bonds. The lowest BCUT2D eigenvalue weighted by Crippen LogP contribution is -2.23. The van der Waals surface area contributed by atoms with Crippen LogP contribution in [0.15, 0.2) is 54.7 Å². The first kappa shape index (κ1) is 14.7. The Bertz CT molecular complexity index is 1050. The Morgan fingerprint density at radius 1 is 0.958 bits per heavy atom. The molecule has 4 nitrogen and oxygen atoms in total. The molecule has 0 unspecified atom stereocenters. The predicted molar refractivity (Wildman–Crippen MR) is 99.9 cm³/mol. The van der Waals surface area contributed by atoms with Crippen LogP contribution in [0, 0.1) is 0 Å². The van der Waals surface area contributed by atoms with Crippen molar-refractivity contribution in [3.8, 4) is 11.3 Å². The second kappa shape index (κ2) is 5.06. The first-order chi connectivity index (χ1) is 11.5. The maximum Gasteiger partial charge on any atom is 0.160 e. The Hall–Kier alpha value is -2.88. The van der Waals surface area contributed by atoms with Crippen molar-refractivity contribution in [3.05, 3.63) is 54.7 Å². The Labute approximate surface area is 140 Å². The molecule has 2 aromatic carbocycles. The van der Waals surface area contributed by atoms with Crippen LogP contribution >= 0.6 is 0 Å². The molecule has 0 aliphatic heterocycles. The van der Waals surface area contributed by atoms with Crippen molar-refractivity contribution in [1.29, 1.82) is 0 Å². The van der Waals surface area contributed by atoms with Gasteiger partial charge in [-0.05, 0) is 37.6 Å². The molecule has 0 saturated heterocycles. The maximum absolute atomic E-state index is 6.30. The van der Waals surface area contributed by atoms with E-state index in [4.69, 9.17) is 10.8 Å². The molecule has 0 spiro atoms. The van der Waals surface area contributed by atoms with Crippen LogP contribution in [-0.4, -0.2) is 14.8 Å². The Kier molecular flexibility index (Phi) is 3.10. The molecule has 0 atom stereocenters. The van der Waals surface area contributed by atoms with Gasteiger partial charge in [0.05, 0.1) is 10.9 Å². The topological polar surface area (TPSA) is 56.7 Å². The van der Waals surface area contributed by atoms with Gasteiger partial charge in [-0.1, -0.05) is 42.5 Å². The zero-order valence-corrected chi connectivity index (χ0v) is 14.1. The lowest BCUT2D eigenvalue weighted by Gasteiger charge is -2.19. The smallest absolute Gasteiger partial charge is 0.160 e. The van der Waals surface area contributed by atoms with E-state index in [9.17, 15) is 0 Å². The van der Waals surface area contributed by atoms with Crippen LogP contribution in [0.2, 0.25) is 0 Å². The van der Waals surface area contributed by atoms with E-state index in [-0.39, 0.29) is 5.54 Å². The number of rotatable bonds is 1. The number of benzene rings is 2. The number of nitrogens with zero attached hydrogens (tertiary/aromatic N) is 3. The summed E-state index contributed by atoms with van der Waals surface area (Å²) in [5.74, 6) is 0. The molecule has 4 rings (SSSR count). The number of nitrogens with two attached hydrogens (primary N) is 1. The van der Waals surface area contributed by atoms with Crippen LogP contribution < -0.4 is 5.73 Å². The van der Waals surface area contributed by atoms with Gasteiger partial charge in [-0.2, -0.15) is 5.10 Å². The predicted octanol–water partition coefficient (Wildman–Crippen LogP) is 4.59. The highest BCUT2D eigenvalue weighted by atomic mass is 15.3. The minimum absolute atomic E-state index is 0.179. The summed E-state index contributed by atoms with van der Waals surface area (Å²) in [5, 5.41) is 8.20. The Balaban J connectivity index is 2.14. The van der Waals surface area contributed by atoms with Crippen LogP contribution in [-0.2, 0) is 5.54 Å². The number of anilines is 1. The fourth-order valence-corrected chi connectivity index (χ4v) is 3.15. The summed E-state index contributed by atoms with van der Waals surface area (Å²) >= 11 is 0. The molecule has 2 N–H and O–H groups in total. The lowest BCUT2D eigenvalue weighted by molar-refractivity contribution is 0.367. The average Bonchev–Trinajstić information content (AvgIpc) is 2.95. The van der Waals surface area contributed by atoms with Crippen molar-refractivity contribution < 1.29 is 0 Å². The Morgan fingerprint density at radius 3 is 2.50 bits per heavy atom. The highest BCUT2D eigenvalue weighted by Crippen LogP contribution is 2.36. The van der Waals surface area contributed by atoms with Gasteiger partial charge in [0.25, 0.3) is 0 Å². The van der Waals surface area contributed by atoms with E-state index >= 15 is 0 Å². The van der Waals surface area contributed by atoms with Crippen molar-refractivity contribution in [2.45, 2.75) is 26.3 Å². The normalized spacial score (nSPS) is 12.1. The molecule has 0 fully saturated rings. The van der Waals surface area contributed by atoms with Gasteiger partial charge in [0.2, 0.25) is 0 Å². The summed E-state index contributed by atoms with van der Waals surface area (Å²) in [7, 11) is 0. The molecule has 2 aromatic heterocycles. The first-order valence-corrected chi connectivity index (χ1v) is 8.08. The van der Waals surface area contributed by atoms with E-state index < -0.39 is 0 Å². The number of fused-ring (bicyclic) bond motifs is 2. The van der Waals surface area contributed by atoms with Gasteiger partial charge < -0.3 is 5.73 Å². The van der Waals surface area contributed by atoms with Gasteiger partial charge in [0.1, 0.15) is 5.69 Å². The summed E-state index contributed by atoms with van der Waals surface area (Å²) in [4.78, 5) is 4.56. The highest BCUT2D eigenvalue weighted by Gasteiger charge is 2.23. The fourth-order valence-electron chi connectivity index (χ4n) is 3.15. The molecule has 0 aliphatic rings. The minimum Gasteiger partial charge on any atom is -0.398 e. The molecule has 4 aromatic rings. The largest absolute Gasteiger partial charge is 0.398 e. The van der Waals surface area contributed by atoms with Gasteiger partial charge >= 0.3 is 0 Å². The summed E-state index contributed by atoms with van der Waals surface area (Å²) in [6.45, 7) is 6.37. The second-order valence-corrected chi connectivity index (χ2v) is 7.06. The summed E-state index contributed by atoms with van der Waals surface area (Å²) in [5.41, 5.74) is 9.63. The fraction of sp³-hybridized carbons (Fsp3) is 0.200. The minimum atomic E-state index is -0.179. The van der Waals surface area contributed by atoms with Crippen LogP contribution in [0.5, 0.6) is 0 Å². The highest BCUT2D eigenvalue weighted by molar-refractivity contribution is 6.06. The van der Waals surface area contributed by atoms with Crippen LogP contribution in [0.4, 0.5) is 5.69 Å². The average molecular weight is 316 g/mol. The van der Waals surface area contributed by atoms with Crippen molar-refractivity contribution in [3.63, 3.8) is 0 Å². The lowest BCUT2D eigenvalue weighted by atomic mass is 10.0. The number of hydrogen-bond acceptors (Lipinski definition) is 3. The number of hydrogen-bond donors (Lipinski definition) is 1. The van der Waals surface area contributed by atoms with Crippen molar-refractivity contribution in [1.82, 2.24) is 14.8 Å². The van der Waals surface area contributed by atoms with Crippen LogP contribution in [0.1, 0.15) is 20.8 Å². The van der Waals surface area contributed by atoms with E-state index in [2.05, 4.69) is 62.2 Å². The molecular formula is C20H20N4. The third-order valence-corrected chi connectivity index (χ3v) is 4.28. The van der Waals surface area contributed by atoms with Crippen LogP contribution in [0.3, 0.4) is 0 Å². The molecule has 2 heterocycles. The molecule has 0 bridgehead atoms. The first-order valence-electron chi connectivity index (χ1n) is 8.08. The monoisotopic (exact) mass is 316 g/mol. The Morgan fingerprint density at radius 2 is 1.71 bits per heavy atom. The number of pyridine rings is 1. The van der Waals surface area contributed by atoms with Gasteiger partial charge in [-0.3, -0.25) is 0 Å². The standard InChI is InChI=1S/C20H20N4/c1-20(2,3)24-19-17(16(21)11-12-22-19)18(23-24)15-10-6-8-13-7-4-5-9-14(13)15/h4-12H,1-3H3,(H2,21,22). The molecule has 120 valence electrons. The molecular weight excluding hydrogens is 296 g/mol. The second-order valence-electron chi connectivity index (χ2n) is 7.06. The summed E-state index contributed by atoms with van der Waals surface area (Å²) in [6, 6.07) is 16.5. The zero-order chi connectivity index (χ0) is 16.9. The molecule has 0 saturated carbocycles. The maximum atomic E-state index is 6.30. The molecule has 24 heavy (non-hydrogen) atoms. The number of aromatic nitrogens is 3. The zero-order valence-electron chi connectivity index (χ0n) is 14.1. The van der Waals surface area contributed by atoms with Crippen molar-refractivity contribution in [2.24, 2.45) is 0 Å².